The van der Waals surface area contributed by atoms with E-state index in [0.717, 1.165) is 23.7 Å². The van der Waals surface area contributed by atoms with Crippen molar-refractivity contribution >= 4 is 34.8 Å². The van der Waals surface area contributed by atoms with Crippen molar-refractivity contribution in [2.45, 2.75) is 0 Å². The molecule has 0 radical (unpaired) electrons. The summed E-state index contributed by atoms with van der Waals surface area (Å²) in [6, 6.07) is 0. The van der Waals surface area contributed by atoms with Gasteiger partial charge in [0, 0.05) is 19.5 Å². The van der Waals surface area contributed by atoms with Crippen molar-refractivity contribution in [2.24, 2.45) is 0 Å². The number of rotatable bonds is 0. The maximum Gasteiger partial charge on any atom is 0 e. The molecule has 0 rings (SSSR count). The van der Waals surface area contributed by atoms with E-state index in [1.807, 2.05) is 0 Å². The Morgan fingerprint density at radius 2 is 1.25 bits per heavy atom. The van der Waals surface area contributed by atoms with Gasteiger partial charge in [-0.05, 0) is 0 Å². The fourth-order valence-corrected chi connectivity index (χ4v) is 0. The van der Waals surface area contributed by atoms with E-state index in [-0.39, 0.29) is 45.7 Å². The Bertz CT molecular complexity index is 8.00. The summed E-state index contributed by atoms with van der Waals surface area (Å²) in [4.78, 5) is 0. The summed E-state index contributed by atoms with van der Waals surface area (Å²) in [7, 11) is 4.25. The molecule has 0 aliphatic carbocycles. The molecule has 0 spiro atoms. The molecule has 0 aromatic heterocycles. The molecule has 0 aliphatic heterocycles. The molecule has 4 heteroatoms. The topological polar surface area (TPSA) is 0 Å². The normalized spacial score (nSPS) is 1.50. The van der Waals surface area contributed by atoms with Crippen LogP contribution in [0.2, 0.25) is 0 Å². The van der Waals surface area contributed by atoms with Crippen LogP contribution in [0.5, 0.6) is 0 Å². The van der Waals surface area contributed by atoms with Crippen LogP contribution in [-0.2, 0) is 43.2 Å². The van der Waals surface area contributed by atoms with Crippen molar-refractivity contribution in [3.05, 3.63) is 0 Å². The first-order valence-electron chi connectivity index (χ1n) is 0.289. The Hall–Kier alpha value is 2.65. The third-order valence-electron chi connectivity index (χ3n) is 0. The molecule has 0 atom stereocenters. The molecular formula is H3BiCdSZn. The first-order valence-corrected chi connectivity index (χ1v) is 5.81. The molecule has 0 amide bonds. The molecule has 0 N–H and O–H groups in total. The summed E-state index contributed by atoms with van der Waals surface area (Å²) >= 11 is 0.733. The fraction of sp³-hybridized carbons (Fsp3) is 0. The van der Waals surface area contributed by atoms with E-state index in [1.165, 1.54) is 0 Å². The van der Waals surface area contributed by atoms with Crippen LogP contribution in [0, 0.1) is 0 Å². The van der Waals surface area contributed by atoms with Crippen molar-refractivity contribution in [2.75, 3.05) is 0 Å². The molecule has 0 unspecified atom stereocenters. The van der Waals surface area contributed by atoms with Crippen LogP contribution in [0.4, 0.5) is 0 Å². The predicted molar refractivity (Wildman–Crippen MR) is 17.5 cm³/mol. The van der Waals surface area contributed by atoms with E-state index in [0.29, 0.717) is 0 Å². The Morgan fingerprint density at radius 3 is 1.25 bits per heavy atom. The average Bonchev–Trinajstić information content (AvgIpc) is 1.00. The van der Waals surface area contributed by atoms with Crippen LogP contribution in [0.1, 0.15) is 0 Å². The van der Waals surface area contributed by atoms with Gasteiger partial charge in [0.15, 0.2) is 0 Å². The van der Waals surface area contributed by atoms with Gasteiger partial charge in [-0.2, -0.15) is 0 Å². The van der Waals surface area contributed by atoms with Gasteiger partial charge in [0.1, 0.15) is 0 Å². The summed E-state index contributed by atoms with van der Waals surface area (Å²) in [5, 5.41) is 0. The second-order valence-electron chi connectivity index (χ2n) is 0. The van der Waals surface area contributed by atoms with Crippen LogP contribution < -0.4 is 0 Å². The summed E-state index contributed by atoms with van der Waals surface area (Å²) < 4.78 is 0. The van der Waals surface area contributed by atoms with Crippen molar-refractivity contribution in [3.63, 3.8) is 0 Å². The molecule has 0 nitrogen and oxygen atoms in total. The van der Waals surface area contributed by atoms with Gasteiger partial charge in [0.2, 0.25) is 0 Å². The van der Waals surface area contributed by atoms with Gasteiger partial charge in [0.25, 0.3) is 0 Å². The average molecular weight is 422 g/mol. The van der Waals surface area contributed by atoms with Crippen molar-refractivity contribution in [1.82, 2.24) is 0 Å². The van der Waals surface area contributed by atoms with Crippen LogP contribution in [0.25, 0.3) is 0 Å². The molecule has 0 heterocycles. The van der Waals surface area contributed by atoms with Gasteiger partial charge in [0.05, 0.1) is 0 Å². The summed E-state index contributed by atoms with van der Waals surface area (Å²) in [5.41, 5.74) is 0. The van der Waals surface area contributed by atoms with Gasteiger partial charge in [-0.15, -0.1) is 0 Å². The molecule has 0 saturated heterocycles. The molecule has 0 aromatic carbocycles. The van der Waals surface area contributed by atoms with E-state index in [9.17, 15) is 0 Å². The van der Waals surface area contributed by atoms with Crippen LogP contribution in [0.3, 0.4) is 0 Å². The zero-order valence-corrected chi connectivity index (χ0v) is 15.8. The standard InChI is InChI=1S/Bi.Cd.S.Zn.3H. The molecule has 0 aliphatic rings. The summed E-state index contributed by atoms with van der Waals surface area (Å²) in [6.45, 7) is 0. The van der Waals surface area contributed by atoms with E-state index in [1.54, 1.807) is 0 Å². The van der Waals surface area contributed by atoms with Crippen molar-refractivity contribution < 1.29 is 43.2 Å². The fourth-order valence-electron chi connectivity index (χ4n) is 0. The van der Waals surface area contributed by atoms with Crippen LogP contribution >= 0.6 is 8.65 Å². The molecule has 18 valence electrons. The zero-order chi connectivity index (χ0) is 2.00. The minimum Gasteiger partial charge on any atom is 0 e. The zero-order valence-electron chi connectivity index (χ0n) is 2.53. The molecular weight excluding hydrogens is 419 g/mol. The monoisotopic (exact) mass is 422 g/mol. The van der Waals surface area contributed by atoms with Gasteiger partial charge in [-0.25, -0.2) is 0 Å². The van der Waals surface area contributed by atoms with Gasteiger partial charge in [-0.1, -0.05) is 0 Å². The number of hydrogen-bond acceptors (Lipinski definition) is 1. The van der Waals surface area contributed by atoms with Gasteiger partial charge >= 0.3 is 58.5 Å². The van der Waals surface area contributed by atoms with Gasteiger partial charge < -0.3 is 0 Å². The second-order valence-corrected chi connectivity index (χ2v) is 0. The van der Waals surface area contributed by atoms with Crippen LogP contribution in [-0.4, -0.2) is 26.2 Å². The Morgan fingerprint density at radius 1 is 1.25 bits per heavy atom. The van der Waals surface area contributed by atoms with Gasteiger partial charge in [-0.3, -0.25) is 0 Å². The first-order chi connectivity index (χ1) is 1.00. The minimum absolute atomic E-state index is 0. The van der Waals surface area contributed by atoms with E-state index < -0.39 is 0 Å². The quantitative estimate of drug-likeness (QED) is 0.473. The second kappa shape index (κ2) is 17.4. The molecule has 0 fully saturated rings. The van der Waals surface area contributed by atoms with E-state index >= 15 is 0 Å². The summed E-state index contributed by atoms with van der Waals surface area (Å²) in [5.74, 6) is 0. The van der Waals surface area contributed by atoms with Crippen molar-refractivity contribution in [3.8, 4) is 0 Å². The summed E-state index contributed by atoms with van der Waals surface area (Å²) in [6.07, 6.45) is 0. The molecule has 0 aromatic rings. The third-order valence-corrected chi connectivity index (χ3v) is 0. The molecule has 4 heavy (non-hydrogen) atoms. The van der Waals surface area contributed by atoms with E-state index in [4.69, 9.17) is 0 Å². The van der Waals surface area contributed by atoms with Crippen LogP contribution in [0.15, 0.2) is 0 Å². The van der Waals surface area contributed by atoms with Crippen molar-refractivity contribution in [1.29, 1.82) is 0 Å². The minimum atomic E-state index is 0. The predicted octanol–water partition coefficient (Wildman–Crippen LogP) is -0.541. The maximum absolute atomic E-state index is 4.25. The Kier molecular flexibility index (Phi) is 69.3. The third kappa shape index (κ3) is 8.82. The molecule has 0 bridgehead atoms. The smallest absolute Gasteiger partial charge is 0 e. The number of hydrogen-bond donors (Lipinski definition) is 0. The largest absolute Gasteiger partial charge is 0 e. The SMILES string of the molecule is [BiH3].[S]=[Cd].[Zn]. The maximum atomic E-state index is 4.25. The Labute approximate surface area is 76.5 Å². The molecule has 0 saturated carbocycles. The van der Waals surface area contributed by atoms with E-state index in [2.05, 4.69) is 8.65 Å². The first kappa shape index (κ1) is 15.9. The Balaban J connectivity index is -0.00000000500.